The molecule has 4 aromatic rings. The normalized spacial score (nSPS) is 13.3. The van der Waals surface area contributed by atoms with Crippen LogP contribution in [0.15, 0.2) is 53.1 Å². The summed E-state index contributed by atoms with van der Waals surface area (Å²) in [6, 6.07) is 13.7. The molecule has 0 aliphatic heterocycles. The highest BCUT2D eigenvalue weighted by molar-refractivity contribution is 6.03. The molecule has 114 valence electrons. The Hall–Kier alpha value is -2.68. The molecule has 3 heteroatoms. The van der Waals surface area contributed by atoms with Crippen LogP contribution in [-0.4, -0.2) is 4.98 Å². The highest BCUT2D eigenvalue weighted by atomic mass is 16.3. The Kier molecular flexibility index (Phi) is 2.67. The molecule has 4 rings (SSSR count). The van der Waals surface area contributed by atoms with Gasteiger partial charge in [0.05, 0.1) is 11.3 Å². The molecule has 1 aromatic carbocycles. The molecule has 0 N–H and O–H groups in total. The van der Waals surface area contributed by atoms with Gasteiger partial charge >= 0.3 is 0 Å². The first-order valence-corrected chi connectivity index (χ1v) is 7.64. The molecule has 0 unspecified atom stereocenters. The summed E-state index contributed by atoms with van der Waals surface area (Å²) >= 11 is 0. The van der Waals surface area contributed by atoms with Gasteiger partial charge in [0.1, 0.15) is 18.1 Å². The van der Waals surface area contributed by atoms with Crippen molar-refractivity contribution in [1.82, 2.24) is 4.98 Å². The average molecular weight is 305 g/mol. The fraction of sp³-hybridized carbons (Fsp3) is 0.200. The predicted octanol–water partition coefficient (Wildman–Crippen LogP) is 4.34. The molecule has 0 aliphatic rings. The lowest BCUT2D eigenvalue weighted by Gasteiger charge is -2.05. The van der Waals surface area contributed by atoms with Gasteiger partial charge in [-0.05, 0) is 37.6 Å². The van der Waals surface area contributed by atoms with E-state index < -0.39 is 6.37 Å². The summed E-state index contributed by atoms with van der Waals surface area (Å²) < 4.78 is 23.7. The first-order chi connectivity index (χ1) is 11.8. The van der Waals surface area contributed by atoms with E-state index >= 15 is 0 Å². The van der Waals surface area contributed by atoms with Gasteiger partial charge in [0, 0.05) is 19.8 Å². The molecule has 0 saturated heterocycles. The Morgan fingerprint density at radius 3 is 2.78 bits per heavy atom. The molecule has 23 heavy (non-hydrogen) atoms. The van der Waals surface area contributed by atoms with Crippen LogP contribution in [0.4, 0.5) is 0 Å². The third-order valence-electron chi connectivity index (χ3n) is 4.24. The van der Waals surface area contributed by atoms with Crippen LogP contribution in [-0.2, 0) is 13.4 Å². The first kappa shape index (κ1) is 11.8. The molecule has 0 aliphatic carbocycles. The van der Waals surface area contributed by atoms with E-state index in [-0.39, 0.29) is 0 Å². The minimum Gasteiger partial charge on any atom is -0.454 e. The van der Waals surface area contributed by atoms with E-state index in [1.807, 2.05) is 67.2 Å². The van der Waals surface area contributed by atoms with Crippen LogP contribution < -0.4 is 4.57 Å². The van der Waals surface area contributed by atoms with Crippen LogP contribution in [0.1, 0.15) is 20.9 Å². The number of fused-ring (bicyclic) bond motifs is 3. The Labute approximate surface area is 138 Å². The van der Waals surface area contributed by atoms with Crippen molar-refractivity contribution in [2.24, 2.45) is 7.05 Å². The molecular weight excluding hydrogens is 284 g/mol. The number of hydrogen-bond donors (Lipinski definition) is 0. The van der Waals surface area contributed by atoms with Gasteiger partial charge in [-0.1, -0.05) is 19.1 Å². The summed E-state index contributed by atoms with van der Waals surface area (Å²) in [5, 5.41) is 1.02. The van der Waals surface area contributed by atoms with Crippen molar-refractivity contribution < 1.29 is 11.7 Å². The SMILES string of the molecule is [2H]C([2H])(C)c1ccc(-c2cc3oc4ccccc4c3nc2C)[n+](C)c1. The number of rotatable bonds is 2. The monoisotopic (exact) mass is 305 g/mol. The van der Waals surface area contributed by atoms with E-state index in [0.717, 1.165) is 39.0 Å². The molecule has 3 heterocycles. The van der Waals surface area contributed by atoms with E-state index in [1.54, 1.807) is 6.92 Å². The minimum atomic E-state index is -1.37. The Bertz CT molecular complexity index is 1110. The highest BCUT2D eigenvalue weighted by Crippen LogP contribution is 2.31. The summed E-state index contributed by atoms with van der Waals surface area (Å²) in [7, 11) is 1.92. The van der Waals surface area contributed by atoms with Crippen LogP contribution in [0, 0.1) is 6.92 Å². The summed E-state index contributed by atoms with van der Waals surface area (Å²) in [6.45, 7) is 3.55. The van der Waals surface area contributed by atoms with Crippen molar-refractivity contribution >= 4 is 22.1 Å². The Morgan fingerprint density at radius 1 is 1.17 bits per heavy atom. The number of furan rings is 1. The molecule has 0 atom stereocenters. The molecule has 0 radical (unpaired) electrons. The van der Waals surface area contributed by atoms with Crippen molar-refractivity contribution in [3.05, 3.63) is 59.9 Å². The predicted molar refractivity (Wildman–Crippen MR) is 92.2 cm³/mol. The number of benzene rings is 1. The molecular formula is C20H19N2O+. The number of pyridine rings is 2. The van der Waals surface area contributed by atoms with Crippen LogP contribution in [0.3, 0.4) is 0 Å². The van der Waals surface area contributed by atoms with E-state index in [1.165, 1.54) is 0 Å². The maximum absolute atomic E-state index is 7.88. The lowest BCUT2D eigenvalue weighted by atomic mass is 10.1. The zero-order chi connectivity index (χ0) is 17.8. The van der Waals surface area contributed by atoms with Crippen molar-refractivity contribution in [2.45, 2.75) is 20.2 Å². The second-order valence-corrected chi connectivity index (χ2v) is 5.73. The smallest absolute Gasteiger partial charge is 0.214 e. The number of aromatic nitrogens is 2. The number of hydrogen-bond acceptors (Lipinski definition) is 2. The van der Waals surface area contributed by atoms with Crippen LogP contribution in [0.5, 0.6) is 0 Å². The molecule has 0 amide bonds. The van der Waals surface area contributed by atoms with Crippen LogP contribution in [0.25, 0.3) is 33.3 Å². The van der Waals surface area contributed by atoms with Crippen LogP contribution in [0.2, 0.25) is 0 Å². The van der Waals surface area contributed by atoms with E-state index in [2.05, 4.69) is 0 Å². The van der Waals surface area contributed by atoms with Crippen molar-refractivity contribution in [3.8, 4) is 11.3 Å². The third kappa shape index (κ3) is 2.20. The fourth-order valence-corrected chi connectivity index (χ4v) is 3.02. The Morgan fingerprint density at radius 2 is 2.00 bits per heavy atom. The van der Waals surface area contributed by atoms with E-state index in [9.17, 15) is 0 Å². The van der Waals surface area contributed by atoms with Gasteiger partial charge in [-0.15, -0.1) is 0 Å². The molecule has 0 bridgehead atoms. The maximum Gasteiger partial charge on any atom is 0.214 e. The Balaban J connectivity index is 1.92. The number of para-hydroxylation sites is 1. The van der Waals surface area contributed by atoms with Crippen molar-refractivity contribution in [1.29, 1.82) is 0 Å². The standard InChI is InChI=1S/C20H19N2O/c1-4-14-9-10-17(22(3)12-14)16-11-19-20(21-13(16)2)15-7-5-6-8-18(15)23-19/h5-12H,4H2,1-3H3/q+1/i4D2. The number of aryl methyl sites for hydroxylation is 3. The highest BCUT2D eigenvalue weighted by Gasteiger charge is 2.17. The van der Waals surface area contributed by atoms with Crippen molar-refractivity contribution in [2.75, 3.05) is 0 Å². The van der Waals surface area contributed by atoms with E-state index in [4.69, 9.17) is 12.1 Å². The molecule has 0 saturated carbocycles. The lowest BCUT2D eigenvalue weighted by Crippen LogP contribution is -2.31. The van der Waals surface area contributed by atoms with Gasteiger partial charge in [-0.3, -0.25) is 0 Å². The molecule has 3 nitrogen and oxygen atoms in total. The fourth-order valence-electron chi connectivity index (χ4n) is 3.02. The zero-order valence-corrected chi connectivity index (χ0v) is 13.4. The second kappa shape index (κ2) is 5.20. The van der Waals surface area contributed by atoms with E-state index in [0.29, 0.717) is 5.56 Å². The summed E-state index contributed by atoms with van der Waals surface area (Å²) in [5.74, 6) is 0. The van der Waals surface area contributed by atoms with Gasteiger partial charge in [0.2, 0.25) is 5.69 Å². The third-order valence-corrected chi connectivity index (χ3v) is 4.24. The first-order valence-electron chi connectivity index (χ1n) is 8.64. The van der Waals surface area contributed by atoms with Crippen molar-refractivity contribution in [3.63, 3.8) is 0 Å². The minimum absolute atomic E-state index is 0.647. The average Bonchev–Trinajstić information content (AvgIpc) is 2.91. The number of nitrogens with zero attached hydrogens (tertiary/aromatic N) is 2. The summed E-state index contributed by atoms with van der Waals surface area (Å²) in [5.41, 5.74) is 5.99. The summed E-state index contributed by atoms with van der Waals surface area (Å²) in [6.07, 6.45) is 0.462. The van der Waals surface area contributed by atoms with Gasteiger partial charge in [-0.2, -0.15) is 0 Å². The zero-order valence-electron chi connectivity index (χ0n) is 15.4. The topological polar surface area (TPSA) is 29.9 Å². The summed E-state index contributed by atoms with van der Waals surface area (Å²) in [4.78, 5) is 4.77. The van der Waals surface area contributed by atoms with Crippen LogP contribution >= 0.6 is 0 Å². The largest absolute Gasteiger partial charge is 0.454 e. The van der Waals surface area contributed by atoms with Gasteiger partial charge in [0.25, 0.3) is 0 Å². The lowest BCUT2D eigenvalue weighted by molar-refractivity contribution is -0.660. The quantitative estimate of drug-likeness (QED) is 0.516. The second-order valence-electron chi connectivity index (χ2n) is 5.73. The molecule has 0 fully saturated rings. The maximum atomic E-state index is 7.88. The molecule has 0 spiro atoms. The van der Waals surface area contributed by atoms with Gasteiger partial charge in [0.15, 0.2) is 11.8 Å². The molecule has 3 aromatic heterocycles. The van der Waals surface area contributed by atoms with Gasteiger partial charge < -0.3 is 4.42 Å². The van der Waals surface area contributed by atoms with Gasteiger partial charge in [-0.25, -0.2) is 9.55 Å².